The van der Waals surface area contributed by atoms with Crippen LogP contribution in [0.2, 0.25) is 0 Å². The molecule has 1 aliphatic heterocycles. The van der Waals surface area contributed by atoms with Crippen molar-refractivity contribution in [2.45, 2.75) is 56.9 Å². The Morgan fingerprint density at radius 1 is 1.03 bits per heavy atom. The minimum atomic E-state index is -0.703. The number of tetrazole rings is 1. The van der Waals surface area contributed by atoms with Gasteiger partial charge in [-0.25, -0.2) is 4.68 Å². The average Bonchev–Trinajstić information content (AvgIpc) is 3.32. The van der Waals surface area contributed by atoms with Crippen LogP contribution in [0.15, 0.2) is 30.6 Å². The molecule has 0 unspecified atom stereocenters. The summed E-state index contributed by atoms with van der Waals surface area (Å²) in [6.45, 7) is 4.01. The quantitative estimate of drug-likeness (QED) is 0.772. The first kappa shape index (κ1) is 19.8. The van der Waals surface area contributed by atoms with Crippen molar-refractivity contribution in [1.29, 1.82) is 0 Å². The standard InChI is InChI=1S/C21H30N6O2/c28-20(21(11-3-1-4-12-21)27-17-22-24-25-27)23-18-7-9-19(10-8-18)29-16-15-26-13-5-2-6-14-26/h7-10,17H,1-6,11-16H2,(H,23,28). The predicted octanol–water partition coefficient (Wildman–Crippen LogP) is 2.84. The monoisotopic (exact) mass is 398 g/mol. The molecular weight excluding hydrogens is 368 g/mol. The highest BCUT2D eigenvalue weighted by atomic mass is 16.5. The van der Waals surface area contributed by atoms with Crippen LogP contribution < -0.4 is 10.1 Å². The SMILES string of the molecule is O=C(Nc1ccc(OCCN2CCCCC2)cc1)C1(n2cnnn2)CCCCC1. The second kappa shape index (κ2) is 9.35. The number of carbonyl (C=O) groups is 1. The van der Waals surface area contributed by atoms with E-state index in [1.165, 1.54) is 32.4 Å². The molecule has 29 heavy (non-hydrogen) atoms. The molecule has 1 saturated carbocycles. The van der Waals surface area contributed by atoms with Crippen LogP contribution in [-0.4, -0.2) is 57.3 Å². The maximum Gasteiger partial charge on any atom is 0.252 e. The number of carbonyl (C=O) groups excluding carboxylic acids is 1. The van der Waals surface area contributed by atoms with Crippen LogP contribution in [0, 0.1) is 0 Å². The molecule has 2 aromatic rings. The lowest BCUT2D eigenvalue weighted by atomic mass is 9.81. The largest absolute Gasteiger partial charge is 0.492 e. The van der Waals surface area contributed by atoms with Crippen molar-refractivity contribution < 1.29 is 9.53 Å². The zero-order chi connectivity index (χ0) is 19.9. The minimum absolute atomic E-state index is 0.0525. The number of ether oxygens (including phenoxy) is 1. The number of benzene rings is 1. The maximum atomic E-state index is 13.2. The van der Waals surface area contributed by atoms with Crippen molar-refractivity contribution in [3.8, 4) is 5.75 Å². The number of hydrogen-bond donors (Lipinski definition) is 1. The van der Waals surface area contributed by atoms with Crippen LogP contribution >= 0.6 is 0 Å². The highest BCUT2D eigenvalue weighted by molar-refractivity contribution is 5.96. The highest BCUT2D eigenvalue weighted by Crippen LogP contribution is 2.35. The van der Waals surface area contributed by atoms with Gasteiger partial charge < -0.3 is 10.1 Å². The number of hydrogen-bond acceptors (Lipinski definition) is 6. The van der Waals surface area contributed by atoms with E-state index in [0.29, 0.717) is 6.61 Å². The Morgan fingerprint density at radius 2 is 1.76 bits per heavy atom. The Labute approximate surface area is 171 Å². The van der Waals surface area contributed by atoms with Gasteiger partial charge in [-0.1, -0.05) is 25.7 Å². The molecule has 1 aromatic carbocycles. The average molecular weight is 399 g/mol. The number of rotatable bonds is 7. The van der Waals surface area contributed by atoms with Gasteiger partial charge in [0.05, 0.1) is 0 Å². The Morgan fingerprint density at radius 3 is 2.45 bits per heavy atom. The van der Waals surface area contributed by atoms with E-state index in [2.05, 4.69) is 25.7 Å². The lowest BCUT2D eigenvalue weighted by Crippen LogP contribution is -2.47. The molecule has 1 amide bonds. The zero-order valence-electron chi connectivity index (χ0n) is 16.9. The third-order valence-electron chi connectivity index (χ3n) is 6.13. The van der Waals surface area contributed by atoms with E-state index in [4.69, 9.17) is 4.74 Å². The molecule has 1 N–H and O–H groups in total. The van der Waals surface area contributed by atoms with Crippen molar-refractivity contribution in [1.82, 2.24) is 25.1 Å². The van der Waals surface area contributed by atoms with Gasteiger partial charge in [0.1, 0.15) is 24.2 Å². The van der Waals surface area contributed by atoms with Gasteiger partial charge in [0.15, 0.2) is 0 Å². The van der Waals surface area contributed by atoms with Crippen LogP contribution in [0.5, 0.6) is 5.75 Å². The van der Waals surface area contributed by atoms with Gasteiger partial charge in [-0.2, -0.15) is 0 Å². The molecule has 8 heteroatoms. The fourth-order valence-electron chi connectivity index (χ4n) is 4.41. The first-order chi connectivity index (χ1) is 14.3. The highest BCUT2D eigenvalue weighted by Gasteiger charge is 2.42. The van der Waals surface area contributed by atoms with Gasteiger partial charge in [0.2, 0.25) is 0 Å². The minimum Gasteiger partial charge on any atom is -0.492 e. The molecule has 8 nitrogen and oxygen atoms in total. The number of likely N-dealkylation sites (tertiary alicyclic amines) is 1. The van der Waals surface area contributed by atoms with Gasteiger partial charge in [0, 0.05) is 12.2 Å². The van der Waals surface area contributed by atoms with Crippen molar-refractivity contribution in [3.63, 3.8) is 0 Å². The van der Waals surface area contributed by atoms with Gasteiger partial charge in [-0.05, 0) is 73.5 Å². The summed E-state index contributed by atoms with van der Waals surface area (Å²) in [7, 11) is 0. The van der Waals surface area contributed by atoms with E-state index >= 15 is 0 Å². The number of nitrogens with one attached hydrogen (secondary N) is 1. The van der Waals surface area contributed by atoms with Crippen LogP contribution in [0.3, 0.4) is 0 Å². The fraction of sp³-hybridized carbons (Fsp3) is 0.619. The molecular formula is C21H30N6O2. The normalized spacial score (nSPS) is 19.6. The van der Waals surface area contributed by atoms with Gasteiger partial charge in [0.25, 0.3) is 5.91 Å². The Kier molecular flexibility index (Phi) is 6.39. The molecule has 0 radical (unpaired) electrons. The molecule has 2 fully saturated rings. The summed E-state index contributed by atoms with van der Waals surface area (Å²) < 4.78 is 7.50. The van der Waals surface area contributed by atoms with Crippen molar-refractivity contribution in [2.75, 3.05) is 31.6 Å². The third kappa shape index (κ3) is 4.75. The Balaban J connectivity index is 1.33. The fourth-order valence-corrected chi connectivity index (χ4v) is 4.41. The molecule has 0 spiro atoms. The second-order valence-corrected chi connectivity index (χ2v) is 8.08. The Bertz CT molecular complexity index is 765. The summed E-state index contributed by atoms with van der Waals surface area (Å²) in [6, 6.07) is 7.61. The Hall–Kier alpha value is -2.48. The summed E-state index contributed by atoms with van der Waals surface area (Å²) in [5.74, 6) is 0.774. The van der Waals surface area contributed by atoms with Crippen LogP contribution in [-0.2, 0) is 10.3 Å². The molecule has 2 heterocycles. The van der Waals surface area contributed by atoms with Gasteiger partial charge >= 0.3 is 0 Å². The second-order valence-electron chi connectivity index (χ2n) is 8.08. The van der Waals surface area contributed by atoms with Crippen LogP contribution in [0.1, 0.15) is 51.4 Å². The third-order valence-corrected chi connectivity index (χ3v) is 6.13. The van der Waals surface area contributed by atoms with E-state index in [9.17, 15) is 4.79 Å². The molecule has 0 atom stereocenters. The van der Waals surface area contributed by atoms with Crippen molar-refractivity contribution in [2.24, 2.45) is 0 Å². The summed E-state index contributed by atoms with van der Waals surface area (Å²) in [5, 5.41) is 14.6. The molecule has 2 aliphatic rings. The van der Waals surface area contributed by atoms with E-state index < -0.39 is 5.54 Å². The van der Waals surface area contributed by atoms with Crippen molar-refractivity contribution in [3.05, 3.63) is 30.6 Å². The molecule has 1 aliphatic carbocycles. The number of aromatic nitrogens is 4. The van der Waals surface area contributed by atoms with E-state index in [1.807, 2.05) is 24.3 Å². The van der Waals surface area contributed by atoms with E-state index in [0.717, 1.165) is 50.1 Å². The summed E-state index contributed by atoms with van der Waals surface area (Å²) in [4.78, 5) is 15.6. The molecule has 0 bridgehead atoms. The van der Waals surface area contributed by atoms with E-state index in [1.54, 1.807) is 11.0 Å². The molecule has 4 rings (SSSR count). The number of anilines is 1. The van der Waals surface area contributed by atoms with Crippen LogP contribution in [0.25, 0.3) is 0 Å². The topological polar surface area (TPSA) is 85.2 Å². The number of amides is 1. The lowest BCUT2D eigenvalue weighted by molar-refractivity contribution is -0.126. The summed E-state index contributed by atoms with van der Waals surface area (Å²) in [6.07, 6.45) is 10.1. The van der Waals surface area contributed by atoms with Crippen LogP contribution in [0.4, 0.5) is 5.69 Å². The maximum absolute atomic E-state index is 13.2. The smallest absolute Gasteiger partial charge is 0.252 e. The van der Waals surface area contributed by atoms with Gasteiger partial charge in [-0.15, -0.1) is 5.10 Å². The molecule has 1 saturated heterocycles. The van der Waals surface area contributed by atoms with Gasteiger partial charge in [-0.3, -0.25) is 9.69 Å². The molecule has 156 valence electrons. The lowest BCUT2D eigenvalue weighted by Gasteiger charge is -2.35. The van der Waals surface area contributed by atoms with Crippen molar-refractivity contribution >= 4 is 11.6 Å². The predicted molar refractivity (Wildman–Crippen MR) is 110 cm³/mol. The first-order valence-electron chi connectivity index (χ1n) is 10.8. The number of piperidine rings is 1. The zero-order valence-corrected chi connectivity index (χ0v) is 16.9. The first-order valence-corrected chi connectivity index (χ1v) is 10.8. The van der Waals surface area contributed by atoms with E-state index in [-0.39, 0.29) is 5.91 Å². The molecule has 1 aromatic heterocycles. The number of nitrogens with zero attached hydrogens (tertiary/aromatic N) is 5. The summed E-state index contributed by atoms with van der Waals surface area (Å²) in [5.41, 5.74) is 0.0575. The summed E-state index contributed by atoms with van der Waals surface area (Å²) >= 11 is 0.